The third-order valence-corrected chi connectivity index (χ3v) is 6.77. The Bertz CT molecular complexity index is 500. The van der Waals surface area contributed by atoms with Gasteiger partial charge in [-0.25, -0.2) is 0 Å². The van der Waals surface area contributed by atoms with Crippen LogP contribution in [0.1, 0.15) is 70.0 Å². The van der Waals surface area contributed by atoms with E-state index in [0.29, 0.717) is 22.9 Å². The molecule has 2 aliphatic carbocycles. The molecule has 3 nitrogen and oxygen atoms in total. The largest absolute Gasteiger partial charge is 0.361 e. The van der Waals surface area contributed by atoms with Gasteiger partial charge in [-0.1, -0.05) is 25.9 Å². The molecule has 2 bridgehead atoms. The zero-order chi connectivity index (χ0) is 14.7. The fourth-order valence-electron chi connectivity index (χ4n) is 4.95. The predicted molar refractivity (Wildman–Crippen MR) is 80.5 cm³/mol. The first-order valence-corrected chi connectivity index (χ1v) is 7.96. The lowest BCUT2D eigenvalue weighted by atomic mass is 9.69. The summed E-state index contributed by atoms with van der Waals surface area (Å²) in [4.78, 5) is 0. The van der Waals surface area contributed by atoms with Gasteiger partial charge in [0.05, 0.1) is 5.69 Å². The summed E-state index contributed by atoms with van der Waals surface area (Å²) in [7, 11) is 0. The standard InChI is InChI=1S/C17H28N2O/c1-10(15-11(2)19-20-12(15)3)18-14-9-13-7-8-17(14,6)16(13,4)5/h10,13-14,18H,7-9H2,1-6H3. The third-order valence-electron chi connectivity index (χ3n) is 6.77. The van der Waals surface area contributed by atoms with Crippen LogP contribution in [0.5, 0.6) is 0 Å². The maximum Gasteiger partial charge on any atom is 0.138 e. The Morgan fingerprint density at radius 1 is 1.30 bits per heavy atom. The van der Waals surface area contributed by atoms with Crippen LogP contribution in [0.4, 0.5) is 0 Å². The SMILES string of the molecule is Cc1noc(C)c1C(C)NC1CC2CCC1(C)C2(C)C. The van der Waals surface area contributed by atoms with Crippen LogP contribution in [-0.4, -0.2) is 11.2 Å². The Morgan fingerprint density at radius 2 is 2.00 bits per heavy atom. The molecule has 0 aromatic carbocycles. The summed E-state index contributed by atoms with van der Waals surface area (Å²) < 4.78 is 5.32. The molecular formula is C17H28N2O. The molecule has 0 spiro atoms. The molecule has 3 rings (SSSR count). The average Bonchev–Trinajstić information content (AvgIpc) is 2.87. The molecule has 1 N–H and O–H groups in total. The Balaban J connectivity index is 1.80. The van der Waals surface area contributed by atoms with Gasteiger partial charge in [-0.15, -0.1) is 0 Å². The van der Waals surface area contributed by atoms with Crippen LogP contribution in [0.25, 0.3) is 0 Å². The zero-order valence-electron chi connectivity index (χ0n) is 13.7. The molecule has 4 unspecified atom stereocenters. The third kappa shape index (κ3) is 1.71. The smallest absolute Gasteiger partial charge is 0.138 e. The van der Waals surface area contributed by atoms with Crippen molar-refractivity contribution in [2.45, 2.75) is 72.9 Å². The minimum absolute atomic E-state index is 0.318. The highest BCUT2D eigenvalue weighted by atomic mass is 16.5. The first-order chi connectivity index (χ1) is 9.27. The van der Waals surface area contributed by atoms with Crippen LogP contribution in [0.3, 0.4) is 0 Å². The molecule has 2 aliphatic rings. The van der Waals surface area contributed by atoms with Crippen LogP contribution >= 0.6 is 0 Å². The lowest BCUT2D eigenvalue weighted by molar-refractivity contribution is 0.116. The fourth-order valence-corrected chi connectivity index (χ4v) is 4.95. The second-order valence-electron chi connectivity index (χ2n) is 7.79. The van der Waals surface area contributed by atoms with Gasteiger partial charge in [0.2, 0.25) is 0 Å². The minimum atomic E-state index is 0.318. The second kappa shape index (κ2) is 4.33. The van der Waals surface area contributed by atoms with Gasteiger partial charge in [0.1, 0.15) is 5.76 Å². The van der Waals surface area contributed by atoms with Crippen molar-refractivity contribution in [2.75, 3.05) is 0 Å². The number of nitrogens with zero attached hydrogens (tertiary/aromatic N) is 1. The molecule has 0 saturated heterocycles. The van der Waals surface area contributed by atoms with Crippen LogP contribution in [0, 0.1) is 30.6 Å². The first kappa shape index (κ1) is 14.1. The van der Waals surface area contributed by atoms with Crippen molar-refractivity contribution in [3.63, 3.8) is 0 Å². The molecular weight excluding hydrogens is 248 g/mol. The van der Waals surface area contributed by atoms with Crippen molar-refractivity contribution in [3.05, 3.63) is 17.0 Å². The van der Waals surface area contributed by atoms with E-state index in [0.717, 1.165) is 17.4 Å². The maximum absolute atomic E-state index is 5.32. The van der Waals surface area contributed by atoms with Crippen LogP contribution in [-0.2, 0) is 0 Å². The molecule has 2 saturated carbocycles. The lowest BCUT2D eigenvalue weighted by Gasteiger charge is -2.40. The Hall–Kier alpha value is -0.830. The highest BCUT2D eigenvalue weighted by Crippen LogP contribution is 2.65. The summed E-state index contributed by atoms with van der Waals surface area (Å²) >= 11 is 0. The predicted octanol–water partition coefficient (Wildman–Crippen LogP) is 4.16. The molecule has 112 valence electrons. The van der Waals surface area contributed by atoms with Crippen molar-refractivity contribution in [3.8, 4) is 0 Å². The van der Waals surface area contributed by atoms with E-state index in [2.05, 4.69) is 38.2 Å². The van der Waals surface area contributed by atoms with Gasteiger partial charge < -0.3 is 9.84 Å². The summed E-state index contributed by atoms with van der Waals surface area (Å²) in [6, 6.07) is 0.929. The van der Waals surface area contributed by atoms with Crippen LogP contribution in [0.2, 0.25) is 0 Å². The van der Waals surface area contributed by atoms with E-state index >= 15 is 0 Å². The van der Waals surface area contributed by atoms with E-state index in [1.165, 1.54) is 24.8 Å². The fraction of sp³-hybridized carbons (Fsp3) is 0.824. The van der Waals surface area contributed by atoms with Crippen molar-refractivity contribution in [2.24, 2.45) is 16.7 Å². The topological polar surface area (TPSA) is 38.1 Å². The molecule has 1 heterocycles. The molecule has 0 aliphatic heterocycles. The molecule has 4 atom stereocenters. The van der Waals surface area contributed by atoms with Crippen molar-refractivity contribution < 1.29 is 4.52 Å². The van der Waals surface area contributed by atoms with Gasteiger partial charge in [0.25, 0.3) is 0 Å². The molecule has 20 heavy (non-hydrogen) atoms. The van der Waals surface area contributed by atoms with E-state index in [9.17, 15) is 0 Å². The van der Waals surface area contributed by atoms with E-state index in [4.69, 9.17) is 4.52 Å². The van der Waals surface area contributed by atoms with Gasteiger partial charge in [-0.3, -0.25) is 0 Å². The summed E-state index contributed by atoms with van der Waals surface area (Å²) in [5, 5.41) is 7.98. The van der Waals surface area contributed by atoms with E-state index < -0.39 is 0 Å². The van der Waals surface area contributed by atoms with Gasteiger partial charge in [0, 0.05) is 17.6 Å². The average molecular weight is 276 g/mol. The normalized spacial score (nSPS) is 36.5. The number of aryl methyl sites for hydroxylation is 2. The minimum Gasteiger partial charge on any atom is -0.361 e. The summed E-state index contributed by atoms with van der Waals surface area (Å²) in [5.41, 5.74) is 3.15. The van der Waals surface area contributed by atoms with Gasteiger partial charge in [-0.05, 0) is 56.8 Å². The summed E-state index contributed by atoms with van der Waals surface area (Å²) in [6.45, 7) is 13.7. The summed E-state index contributed by atoms with van der Waals surface area (Å²) in [5.74, 6) is 1.83. The number of aromatic nitrogens is 1. The Labute approximate surface area is 122 Å². The van der Waals surface area contributed by atoms with Crippen molar-refractivity contribution >= 4 is 0 Å². The Morgan fingerprint density at radius 3 is 2.45 bits per heavy atom. The van der Waals surface area contributed by atoms with Gasteiger partial charge in [-0.2, -0.15) is 0 Å². The van der Waals surface area contributed by atoms with Gasteiger partial charge >= 0.3 is 0 Å². The number of nitrogens with one attached hydrogen (secondary N) is 1. The molecule has 0 radical (unpaired) electrons. The monoisotopic (exact) mass is 276 g/mol. The zero-order valence-corrected chi connectivity index (χ0v) is 13.7. The highest BCUT2D eigenvalue weighted by molar-refractivity contribution is 5.25. The molecule has 1 aromatic rings. The maximum atomic E-state index is 5.32. The number of hydrogen-bond acceptors (Lipinski definition) is 3. The van der Waals surface area contributed by atoms with Crippen molar-refractivity contribution in [1.82, 2.24) is 10.5 Å². The molecule has 0 amide bonds. The Kier molecular flexibility index (Phi) is 3.06. The first-order valence-electron chi connectivity index (χ1n) is 7.96. The molecule has 1 aromatic heterocycles. The number of rotatable bonds is 3. The molecule has 3 heteroatoms. The second-order valence-corrected chi connectivity index (χ2v) is 7.79. The van der Waals surface area contributed by atoms with Gasteiger partial charge in [0.15, 0.2) is 0 Å². The lowest BCUT2D eigenvalue weighted by Crippen LogP contribution is -2.45. The number of fused-ring (bicyclic) bond motifs is 2. The summed E-state index contributed by atoms with van der Waals surface area (Å²) in [6.07, 6.45) is 4.08. The van der Waals surface area contributed by atoms with Crippen LogP contribution in [0.15, 0.2) is 4.52 Å². The number of hydrogen-bond donors (Lipinski definition) is 1. The van der Waals surface area contributed by atoms with E-state index in [1.54, 1.807) is 0 Å². The van der Waals surface area contributed by atoms with E-state index in [-0.39, 0.29) is 0 Å². The molecule has 2 fully saturated rings. The van der Waals surface area contributed by atoms with E-state index in [1.807, 2.05) is 13.8 Å². The quantitative estimate of drug-likeness (QED) is 0.901. The van der Waals surface area contributed by atoms with Crippen LogP contribution < -0.4 is 5.32 Å². The highest BCUT2D eigenvalue weighted by Gasteiger charge is 2.61. The van der Waals surface area contributed by atoms with Crippen molar-refractivity contribution in [1.29, 1.82) is 0 Å².